The van der Waals surface area contributed by atoms with E-state index in [1.165, 1.54) is 11.3 Å². The summed E-state index contributed by atoms with van der Waals surface area (Å²) < 4.78 is 54.7. The molecule has 3 aliphatic heterocycles. The number of cyclic esters (lactones) is 1. The van der Waals surface area contributed by atoms with Gasteiger partial charge in [0.05, 0.1) is 23.7 Å². The molecule has 1 aromatic heterocycles. The highest BCUT2D eigenvalue weighted by Crippen LogP contribution is 2.62. The first-order chi connectivity index (χ1) is 16.1. The smallest absolute Gasteiger partial charge is 0.414 e. The number of hydrogen-bond donors (Lipinski definition) is 3. The van der Waals surface area contributed by atoms with Crippen molar-refractivity contribution in [2.24, 2.45) is 5.41 Å². The van der Waals surface area contributed by atoms with Crippen LogP contribution in [-0.2, 0) is 4.74 Å². The number of hydrogen-bond acceptors (Lipinski definition) is 7. The molecule has 2 amide bonds. The van der Waals surface area contributed by atoms with Crippen LogP contribution in [0.1, 0.15) is 22.5 Å². The highest BCUT2D eigenvalue weighted by atomic mass is 32.3. The summed E-state index contributed by atoms with van der Waals surface area (Å²) in [7, 11) is -2.47. The molecule has 4 heterocycles. The van der Waals surface area contributed by atoms with Gasteiger partial charge in [0.2, 0.25) is 0 Å². The third-order valence-electron chi connectivity index (χ3n) is 6.64. The van der Waals surface area contributed by atoms with Crippen molar-refractivity contribution >= 4 is 45.3 Å². The van der Waals surface area contributed by atoms with Crippen LogP contribution in [0.3, 0.4) is 0 Å². The van der Waals surface area contributed by atoms with Crippen LogP contribution >= 0.6 is 21.9 Å². The number of benzene rings is 1. The molecule has 0 saturated carbocycles. The van der Waals surface area contributed by atoms with Crippen molar-refractivity contribution in [3.63, 3.8) is 0 Å². The minimum Gasteiger partial charge on any atom is -0.442 e. The van der Waals surface area contributed by atoms with E-state index in [1.54, 1.807) is 22.4 Å². The van der Waals surface area contributed by atoms with Gasteiger partial charge in [-0.3, -0.25) is 18.8 Å². The van der Waals surface area contributed by atoms with Crippen LogP contribution in [0.4, 0.5) is 25.0 Å². The molecule has 5 rings (SSSR count). The second-order valence-corrected chi connectivity index (χ2v) is 12.3. The molecule has 0 bridgehead atoms. The molecule has 1 spiro atoms. The largest absolute Gasteiger partial charge is 0.442 e. The summed E-state index contributed by atoms with van der Waals surface area (Å²) in [6.07, 6.45) is -0.0946. The Labute approximate surface area is 200 Å². The number of carbonyl (C=O) groups is 2. The topological polar surface area (TPSA) is 102 Å². The van der Waals surface area contributed by atoms with Gasteiger partial charge in [0.15, 0.2) is 11.6 Å². The molecule has 2 aromatic rings. The molecule has 34 heavy (non-hydrogen) atoms. The minimum absolute atomic E-state index is 0.0530. The maximum Gasteiger partial charge on any atom is 0.414 e. The lowest BCUT2D eigenvalue weighted by Gasteiger charge is -2.58. The van der Waals surface area contributed by atoms with Crippen molar-refractivity contribution in [2.45, 2.75) is 18.9 Å². The number of carbonyl (C=O) groups excluding carboxylic acids is 2. The molecule has 3 aliphatic rings. The van der Waals surface area contributed by atoms with Crippen LogP contribution in [-0.4, -0.2) is 64.9 Å². The van der Waals surface area contributed by atoms with Gasteiger partial charge >= 0.3 is 6.09 Å². The summed E-state index contributed by atoms with van der Waals surface area (Å²) in [5.74, 6) is -1.09. The fourth-order valence-corrected chi connectivity index (χ4v) is 8.08. The number of amides is 2. The first-order valence-electron chi connectivity index (χ1n) is 10.9. The lowest BCUT2D eigenvalue weighted by Crippen LogP contribution is -2.52. The Morgan fingerprint density at radius 1 is 1.24 bits per heavy atom. The van der Waals surface area contributed by atoms with E-state index < -0.39 is 34.4 Å². The monoisotopic (exact) mass is 513 g/mol. The Morgan fingerprint density at radius 3 is 2.50 bits per heavy atom. The van der Waals surface area contributed by atoms with Crippen LogP contribution < -0.4 is 15.1 Å². The predicted octanol–water partition coefficient (Wildman–Crippen LogP) is 4.13. The SMILES string of the molecule is O=C(NCC1CN(c2cc(F)c(N3CCC4(CC3)CS(O)(O)C4)c(F)c2)C(=O)O1)c1cccs1. The van der Waals surface area contributed by atoms with Crippen molar-refractivity contribution in [1.29, 1.82) is 0 Å². The van der Waals surface area contributed by atoms with E-state index in [-0.39, 0.29) is 35.8 Å². The molecular formula is C22H25F2N3O5S2. The normalized spacial score (nSPS) is 24.0. The average Bonchev–Trinajstić information content (AvgIpc) is 3.41. The standard InChI is InChI=1S/C22H25F2N3O5S2/c23-16-8-14(27-11-15(32-21(27)29)10-25-20(28)18-2-1-7-33-18)9-17(24)19(16)26-5-3-22(4-6-26)12-34(30,31)13-22/h1-2,7-9,15,30-31H,3-6,10-13H2,(H,25,28). The van der Waals surface area contributed by atoms with Crippen LogP contribution in [0.2, 0.25) is 0 Å². The molecule has 3 saturated heterocycles. The van der Waals surface area contributed by atoms with E-state index in [0.29, 0.717) is 42.3 Å². The molecular weight excluding hydrogens is 488 g/mol. The summed E-state index contributed by atoms with van der Waals surface area (Å²) in [5.41, 5.74) is -0.232. The van der Waals surface area contributed by atoms with E-state index in [4.69, 9.17) is 4.74 Å². The van der Waals surface area contributed by atoms with E-state index in [2.05, 4.69) is 5.32 Å². The quantitative estimate of drug-likeness (QED) is 0.556. The zero-order valence-corrected chi connectivity index (χ0v) is 19.8. The Bertz CT molecular complexity index is 1070. The number of rotatable bonds is 5. The van der Waals surface area contributed by atoms with Gasteiger partial charge in [-0.25, -0.2) is 13.6 Å². The number of piperidine rings is 1. The first kappa shape index (κ1) is 23.3. The minimum atomic E-state index is -2.47. The zero-order valence-electron chi connectivity index (χ0n) is 18.2. The fourth-order valence-electron chi connectivity index (χ4n) is 4.98. The van der Waals surface area contributed by atoms with Gasteiger partial charge in [0.1, 0.15) is 11.8 Å². The molecule has 8 nitrogen and oxygen atoms in total. The first-order valence-corrected chi connectivity index (χ1v) is 13.7. The number of nitrogens with one attached hydrogen (secondary N) is 1. The van der Waals surface area contributed by atoms with Crippen molar-refractivity contribution in [3.05, 3.63) is 46.2 Å². The number of anilines is 2. The third kappa shape index (κ3) is 4.47. The van der Waals surface area contributed by atoms with Crippen molar-refractivity contribution in [3.8, 4) is 0 Å². The molecule has 0 radical (unpaired) electrons. The summed E-state index contributed by atoms with van der Waals surface area (Å²) >= 11 is 1.29. The van der Waals surface area contributed by atoms with Gasteiger partial charge in [-0.1, -0.05) is 6.07 Å². The highest BCUT2D eigenvalue weighted by molar-refractivity contribution is 8.25. The lowest BCUT2D eigenvalue weighted by atomic mass is 9.81. The van der Waals surface area contributed by atoms with Gasteiger partial charge in [-0.05, 0) is 24.3 Å². The van der Waals surface area contributed by atoms with E-state index in [1.807, 2.05) is 0 Å². The maximum absolute atomic E-state index is 15.0. The van der Waals surface area contributed by atoms with Crippen molar-refractivity contribution < 1.29 is 32.2 Å². The zero-order chi connectivity index (χ0) is 24.1. The maximum atomic E-state index is 15.0. The number of nitrogens with zero attached hydrogens (tertiary/aromatic N) is 2. The highest BCUT2D eigenvalue weighted by Gasteiger charge is 2.49. The average molecular weight is 514 g/mol. The van der Waals surface area contributed by atoms with Crippen LogP contribution in [0.25, 0.3) is 0 Å². The molecule has 3 fully saturated rings. The van der Waals surface area contributed by atoms with Crippen LogP contribution in [0.15, 0.2) is 29.6 Å². The van der Waals surface area contributed by atoms with Gasteiger partial charge in [-0.15, -0.1) is 11.3 Å². The Morgan fingerprint density at radius 2 is 1.91 bits per heavy atom. The number of halogens is 2. The molecule has 1 atom stereocenters. The molecule has 1 unspecified atom stereocenters. The second-order valence-electron chi connectivity index (χ2n) is 9.14. The molecule has 184 valence electrons. The Hall–Kier alpha value is -2.41. The van der Waals surface area contributed by atoms with Crippen LogP contribution in [0.5, 0.6) is 0 Å². The van der Waals surface area contributed by atoms with Crippen LogP contribution in [0, 0.1) is 17.0 Å². The molecule has 12 heteroatoms. The summed E-state index contributed by atoms with van der Waals surface area (Å²) in [5, 5.41) is 4.48. The van der Waals surface area contributed by atoms with Gasteiger partial charge < -0.3 is 15.0 Å². The van der Waals surface area contributed by atoms with Gasteiger partial charge in [0, 0.05) is 42.1 Å². The number of ether oxygens (including phenoxy) is 1. The molecule has 3 N–H and O–H groups in total. The fraction of sp³-hybridized carbons (Fsp3) is 0.455. The van der Waals surface area contributed by atoms with E-state index >= 15 is 8.78 Å². The van der Waals surface area contributed by atoms with Gasteiger partial charge in [0.25, 0.3) is 5.91 Å². The second kappa shape index (κ2) is 8.67. The van der Waals surface area contributed by atoms with E-state index in [9.17, 15) is 18.7 Å². The third-order valence-corrected chi connectivity index (χ3v) is 9.66. The summed E-state index contributed by atoms with van der Waals surface area (Å²) in [6.45, 7) is 0.976. The molecule has 0 aliphatic carbocycles. The van der Waals surface area contributed by atoms with Crippen molar-refractivity contribution in [1.82, 2.24) is 5.32 Å². The number of thiophene rings is 1. The lowest BCUT2D eigenvalue weighted by molar-refractivity contribution is 0.0920. The predicted molar refractivity (Wildman–Crippen MR) is 127 cm³/mol. The summed E-state index contributed by atoms with van der Waals surface area (Å²) in [4.78, 5) is 27.7. The van der Waals surface area contributed by atoms with Gasteiger partial charge in [-0.2, -0.15) is 10.6 Å². The Balaban J connectivity index is 1.22. The summed E-state index contributed by atoms with van der Waals surface area (Å²) in [6, 6.07) is 5.68. The molecule has 1 aromatic carbocycles. The van der Waals surface area contributed by atoms with Crippen molar-refractivity contribution in [2.75, 3.05) is 47.5 Å². The Kier molecular flexibility index (Phi) is 5.95. The van der Waals surface area contributed by atoms with E-state index in [0.717, 1.165) is 17.0 Å².